The lowest BCUT2D eigenvalue weighted by Crippen LogP contribution is -2.15. The molecule has 3 aromatic carbocycles. The van der Waals surface area contributed by atoms with Crippen molar-refractivity contribution in [3.05, 3.63) is 98.4 Å². The Kier molecular flexibility index (Phi) is 6.37. The summed E-state index contributed by atoms with van der Waals surface area (Å²) in [5.74, 6) is -0.925. The van der Waals surface area contributed by atoms with Crippen LogP contribution in [0.25, 0.3) is 22.2 Å². The summed E-state index contributed by atoms with van der Waals surface area (Å²) in [7, 11) is 0. The molecule has 4 rings (SSSR count). The quantitative estimate of drug-likeness (QED) is 0.212. The van der Waals surface area contributed by atoms with Crippen LogP contribution in [0.15, 0.2) is 77.3 Å². The Hall–Kier alpha value is -2.73. The molecule has 0 spiro atoms. The number of hydrogen-bond donors (Lipinski definition) is 0. The number of hydrogen-bond acceptors (Lipinski definition) is 4. The maximum atomic E-state index is 12.9. The third-order valence-electron chi connectivity index (χ3n) is 4.65. The molecule has 154 valence electrons. The summed E-state index contributed by atoms with van der Waals surface area (Å²) in [5, 5.41) is 1.55. The van der Waals surface area contributed by atoms with Crippen molar-refractivity contribution in [1.29, 1.82) is 0 Å². The molecular formula is C24H14BrCl2NO3. The van der Waals surface area contributed by atoms with Gasteiger partial charge >= 0.3 is 5.97 Å². The van der Waals surface area contributed by atoms with Gasteiger partial charge in [-0.1, -0.05) is 75.5 Å². The summed E-state index contributed by atoms with van der Waals surface area (Å²) in [6.07, 6.45) is 0. The van der Waals surface area contributed by atoms with Gasteiger partial charge in [0.1, 0.15) is 0 Å². The van der Waals surface area contributed by atoms with E-state index >= 15 is 0 Å². The number of aromatic nitrogens is 1. The van der Waals surface area contributed by atoms with Crippen molar-refractivity contribution >= 4 is 61.8 Å². The van der Waals surface area contributed by atoms with E-state index in [1.54, 1.807) is 72.8 Å². The highest BCUT2D eigenvalue weighted by atomic mass is 79.9. The zero-order valence-electron chi connectivity index (χ0n) is 15.9. The first-order valence-corrected chi connectivity index (χ1v) is 10.8. The maximum absolute atomic E-state index is 12.9. The number of nitrogens with zero attached hydrogens (tertiary/aromatic N) is 1. The molecule has 0 fully saturated rings. The number of rotatable bonds is 5. The molecular weight excluding hydrogens is 501 g/mol. The summed E-state index contributed by atoms with van der Waals surface area (Å²) in [4.78, 5) is 29.9. The minimum Gasteiger partial charge on any atom is -0.454 e. The zero-order valence-corrected chi connectivity index (χ0v) is 19.0. The van der Waals surface area contributed by atoms with Gasteiger partial charge in [0.05, 0.1) is 21.8 Å². The van der Waals surface area contributed by atoms with E-state index in [1.807, 2.05) is 0 Å². The van der Waals surface area contributed by atoms with Gasteiger partial charge < -0.3 is 4.74 Å². The smallest absolute Gasteiger partial charge is 0.339 e. The van der Waals surface area contributed by atoms with Crippen LogP contribution in [0.1, 0.15) is 20.7 Å². The Bertz CT molecular complexity index is 1290. The second-order valence-electron chi connectivity index (χ2n) is 6.70. The second kappa shape index (κ2) is 9.18. The van der Waals surface area contributed by atoms with Crippen LogP contribution >= 0.6 is 39.1 Å². The van der Waals surface area contributed by atoms with Crippen molar-refractivity contribution < 1.29 is 14.3 Å². The molecule has 0 unspecified atom stereocenters. The van der Waals surface area contributed by atoms with Crippen molar-refractivity contribution in [1.82, 2.24) is 4.98 Å². The second-order valence-corrected chi connectivity index (χ2v) is 8.46. The van der Waals surface area contributed by atoms with Crippen LogP contribution in [0.4, 0.5) is 0 Å². The number of para-hydroxylation sites is 1. The van der Waals surface area contributed by atoms with Crippen LogP contribution in [-0.4, -0.2) is 23.3 Å². The number of fused-ring (bicyclic) bond motifs is 1. The molecule has 7 heteroatoms. The van der Waals surface area contributed by atoms with E-state index in [9.17, 15) is 9.59 Å². The topological polar surface area (TPSA) is 56.3 Å². The molecule has 1 heterocycles. The molecule has 0 saturated carbocycles. The summed E-state index contributed by atoms with van der Waals surface area (Å²) < 4.78 is 6.20. The van der Waals surface area contributed by atoms with Crippen molar-refractivity contribution in [3.8, 4) is 11.3 Å². The maximum Gasteiger partial charge on any atom is 0.339 e. The number of carbonyl (C=O) groups is 2. The number of ketones is 1. The Morgan fingerprint density at radius 2 is 1.65 bits per heavy atom. The molecule has 31 heavy (non-hydrogen) atoms. The predicted molar refractivity (Wildman–Crippen MR) is 126 cm³/mol. The monoisotopic (exact) mass is 513 g/mol. The normalized spacial score (nSPS) is 10.8. The Labute approximate surface area is 196 Å². The molecule has 0 amide bonds. The minimum atomic E-state index is -0.629. The van der Waals surface area contributed by atoms with Crippen molar-refractivity contribution in [2.75, 3.05) is 6.61 Å². The number of pyridine rings is 1. The van der Waals surface area contributed by atoms with Gasteiger partial charge in [0.15, 0.2) is 12.4 Å². The molecule has 0 aliphatic rings. The molecule has 0 atom stereocenters. The first-order valence-electron chi connectivity index (χ1n) is 9.23. The van der Waals surface area contributed by atoms with Crippen molar-refractivity contribution in [2.24, 2.45) is 0 Å². The van der Waals surface area contributed by atoms with Crippen molar-refractivity contribution in [2.45, 2.75) is 0 Å². The number of carbonyl (C=O) groups excluding carboxylic acids is 2. The van der Waals surface area contributed by atoms with Gasteiger partial charge in [-0.25, -0.2) is 9.78 Å². The highest BCUT2D eigenvalue weighted by Crippen LogP contribution is 2.30. The summed E-state index contributed by atoms with van der Waals surface area (Å²) in [6.45, 7) is -0.374. The SMILES string of the molecule is O=C(COC(=O)c1cc(-c2ccc(Cl)cc2)nc2c(Cl)cccc12)c1ccc(Br)cc1. The lowest BCUT2D eigenvalue weighted by molar-refractivity contribution is 0.0476. The van der Waals surface area contributed by atoms with Crippen LogP contribution < -0.4 is 0 Å². The largest absolute Gasteiger partial charge is 0.454 e. The predicted octanol–water partition coefficient (Wildman–Crippen LogP) is 7.01. The molecule has 4 aromatic rings. The van der Waals surface area contributed by atoms with E-state index in [1.165, 1.54) is 0 Å². The molecule has 0 bridgehead atoms. The van der Waals surface area contributed by atoms with Gasteiger partial charge in [-0.2, -0.15) is 0 Å². The average molecular weight is 515 g/mol. The van der Waals surface area contributed by atoms with E-state index in [4.69, 9.17) is 27.9 Å². The van der Waals surface area contributed by atoms with Gasteiger partial charge in [-0.3, -0.25) is 4.79 Å². The molecule has 0 radical (unpaired) electrons. The molecule has 1 aromatic heterocycles. The number of benzene rings is 3. The Morgan fingerprint density at radius 3 is 2.35 bits per heavy atom. The average Bonchev–Trinajstić information content (AvgIpc) is 2.78. The number of halogens is 3. The Morgan fingerprint density at radius 1 is 0.935 bits per heavy atom. The highest BCUT2D eigenvalue weighted by molar-refractivity contribution is 9.10. The molecule has 4 nitrogen and oxygen atoms in total. The Balaban J connectivity index is 1.67. The molecule has 0 saturated heterocycles. The highest BCUT2D eigenvalue weighted by Gasteiger charge is 2.18. The molecule has 0 aliphatic heterocycles. The van der Waals surface area contributed by atoms with Crippen LogP contribution in [-0.2, 0) is 4.74 Å². The fraction of sp³-hybridized carbons (Fsp3) is 0.0417. The van der Waals surface area contributed by atoms with Crippen LogP contribution in [0.2, 0.25) is 10.0 Å². The number of Topliss-reactive ketones (excluding diaryl/α,β-unsaturated/α-hetero) is 1. The van der Waals surface area contributed by atoms with Gasteiger partial charge in [0.25, 0.3) is 0 Å². The third-order valence-corrected chi connectivity index (χ3v) is 5.74. The fourth-order valence-electron chi connectivity index (χ4n) is 3.08. The fourth-order valence-corrected chi connectivity index (χ4v) is 3.69. The summed E-state index contributed by atoms with van der Waals surface area (Å²) in [6, 6.07) is 20.8. The number of ether oxygens (including phenoxy) is 1. The van der Waals surface area contributed by atoms with Gasteiger partial charge in [-0.05, 0) is 36.4 Å². The van der Waals surface area contributed by atoms with E-state index in [0.717, 1.165) is 10.0 Å². The third kappa shape index (κ3) is 4.79. The van der Waals surface area contributed by atoms with Gasteiger partial charge in [0.2, 0.25) is 0 Å². The van der Waals surface area contributed by atoms with E-state index in [2.05, 4.69) is 20.9 Å². The first-order chi connectivity index (χ1) is 14.9. The van der Waals surface area contributed by atoms with Gasteiger partial charge in [0, 0.05) is 26.0 Å². The first kappa shape index (κ1) is 21.5. The number of esters is 1. The zero-order chi connectivity index (χ0) is 22.0. The van der Waals surface area contributed by atoms with E-state index in [0.29, 0.717) is 32.2 Å². The van der Waals surface area contributed by atoms with Crippen molar-refractivity contribution in [3.63, 3.8) is 0 Å². The summed E-state index contributed by atoms with van der Waals surface area (Å²) >= 11 is 15.7. The standard InChI is InChI=1S/C24H14BrCl2NO3/c25-16-8-4-15(5-9-16)22(29)13-31-24(30)19-12-21(14-6-10-17(26)11-7-14)28-23-18(19)2-1-3-20(23)27/h1-12H,13H2. The lowest BCUT2D eigenvalue weighted by Gasteiger charge is -2.11. The van der Waals surface area contributed by atoms with E-state index < -0.39 is 5.97 Å². The summed E-state index contributed by atoms with van der Waals surface area (Å²) in [5.41, 5.74) is 2.53. The minimum absolute atomic E-state index is 0.279. The van der Waals surface area contributed by atoms with Gasteiger partial charge in [-0.15, -0.1) is 0 Å². The van der Waals surface area contributed by atoms with E-state index in [-0.39, 0.29) is 18.0 Å². The molecule has 0 aliphatic carbocycles. The van der Waals surface area contributed by atoms with Crippen LogP contribution in [0, 0.1) is 0 Å². The molecule has 0 N–H and O–H groups in total. The van der Waals surface area contributed by atoms with Crippen LogP contribution in [0.5, 0.6) is 0 Å². The van der Waals surface area contributed by atoms with Crippen LogP contribution in [0.3, 0.4) is 0 Å². The lowest BCUT2D eigenvalue weighted by atomic mass is 10.0.